The van der Waals surface area contributed by atoms with E-state index in [1.165, 1.54) is 51.0 Å². The number of hydrogen-bond acceptors (Lipinski definition) is 12. The molecule has 3 heterocycles. The summed E-state index contributed by atoms with van der Waals surface area (Å²) in [4.78, 5) is 55.5. The molecule has 15 heteroatoms. The van der Waals surface area contributed by atoms with Gasteiger partial charge in [-0.1, -0.05) is 35.6 Å². The average molecular weight is 696 g/mol. The lowest BCUT2D eigenvalue weighted by Crippen LogP contribution is -2.39. The molecule has 0 radical (unpaired) electrons. The second kappa shape index (κ2) is 13.6. The van der Waals surface area contributed by atoms with E-state index in [-0.39, 0.29) is 33.0 Å². The Bertz CT molecular complexity index is 2390. The number of aromatic nitrogens is 3. The first kappa shape index (κ1) is 33.5. The minimum Gasteiger partial charge on any atom is -0.493 e. The van der Waals surface area contributed by atoms with Gasteiger partial charge in [-0.15, -0.1) is 0 Å². The molecular formula is C35H29N5O9S. The third kappa shape index (κ3) is 6.17. The van der Waals surface area contributed by atoms with Crippen molar-refractivity contribution in [3.05, 3.63) is 125 Å². The molecule has 14 nitrogen and oxygen atoms in total. The van der Waals surface area contributed by atoms with Crippen molar-refractivity contribution >= 4 is 35.0 Å². The number of para-hydroxylation sites is 1. The summed E-state index contributed by atoms with van der Waals surface area (Å²) in [5.41, 5.74) is 2.27. The molecule has 0 fully saturated rings. The van der Waals surface area contributed by atoms with Crippen molar-refractivity contribution in [3.63, 3.8) is 0 Å². The molecule has 1 aliphatic rings. The predicted octanol–water partition coefficient (Wildman–Crippen LogP) is 4.11. The number of methoxy groups -OCH3 is 3. The van der Waals surface area contributed by atoms with E-state index in [2.05, 4.69) is 4.99 Å². The number of nitrogens with zero attached hydrogens (tertiary/aromatic N) is 5. The Kier molecular flexibility index (Phi) is 9.15. The molecule has 0 amide bonds. The third-order valence-electron chi connectivity index (χ3n) is 7.88. The number of carbonyl (C=O) groups excluding carboxylic acids is 2. The first-order chi connectivity index (χ1) is 24.0. The Hall–Kier alpha value is -6.35. The van der Waals surface area contributed by atoms with Crippen LogP contribution in [0.1, 0.15) is 31.0 Å². The van der Waals surface area contributed by atoms with Crippen molar-refractivity contribution < 1.29 is 33.5 Å². The van der Waals surface area contributed by atoms with Gasteiger partial charge in [0.25, 0.3) is 5.56 Å². The highest BCUT2D eigenvalue weighted by molar-refractivity contribution is 7.07. The summed E-state index contributed by atoms with van der Waals surface area (Å²) in [6.07, 6.45) is 3.36. The second-order valence-electron chi connectivity index (χ2n) is 10.9. The summed E-state index contributed by atoms with van der Waals surface area (Å²) >= 11 is 1.10. The van der Waals surface area contributed by atoms with Crippen LogP contribution < -0.4 is 29.1 Å². The van der Waals surface area contributed by atoms with Gasteiger partial charge in [0.1, 0.15) is 5.69 Å². The second-order valence-corrected chi connectivity index (χ2v) is 11.9. The number of fused-ring (bicyclic) bond motifs is 1. The van der Waals surface area contributed by atoms with E-state index >= 15 is 0 Å². The first-order valence-corrected chi connectivity index (χ1v) is 15.8. The van der Waals surface area contributed by atoms with Gasteiger partial charge in [0.15, 0.2) is 22.0 Å². The van der Waals surface area contributed by atoms with Crippen molar-refractivity contribution in [2.24, 2.45) is 4.99 Å². The lowest BCUT2D eigenvalue weighted by molar-refractivity contribution is -0.385. The largest absolute Gasteiger partial charge is 0.493 e. The molecule has 1 atom stereocenters. The number of carbonyl (C=O) groups is 2. The number of esters is 2. The quantitative estimate of drug-likeness (QED) is 0.0948. The molecule has 1 aliphatic heterocycles. The summed E-state index contributed by atoms with van der Waals surface area (Å²) in [5, 5.41) is 16.6. The molecular weight excluding hydrogens is 666 g/mol. The number of hydrogen-bond donors (Lipinski definition) is 0. The van der Waals surface area contributed by atoms with Gasteiger partial charge < -0.3 is 18.9 Å². The van der Waals surface area contributed by atoms with Gasteiger partial charge in [-0.25, -0.2) is 14.5 Å². The normalized spacial score (nSPS) is 14.1. The zero-order valence-corrected chi connectivity index (χ0v) is 28.2. The van der Waals surface area contributed by atoms with Crippen LogP contribution in [0.3, 0.4) is 0 Å². The van der Waals surface area contributed by atoms with Crippen LogP contribution in [0.2, 0.25) is 0 Å². The molecule has 0 aliphatic carbocycles. The topological polar surface area (TPSA) is 166 Å². The lowest BCUT2D eigenvalue weighted by atomic mass is 9.95. The van der Waals surface area contributed by atoms with Crippen LogP contribution >= 0.6 is 11.3 Å². The fraction of sp³-hybridized carbons (Fsp3) is 0.171. The molecule has 254 valence electrons. The Morgan fingerprint density at radius 3 is 2.36 bits per heavy atom. The predicted molar refractivity (Wildman–Crippen MR) is 182 cm³/mol. The van der Waals surface area contributed by atoms with Crippen molar-refractivity contribution in [3.8, 4) is 34.2 Å². The minimum atomic E-state index is -0.975. The molecule has 0 saturated carbocycles. The monoisotopic (exact) mass is 695 g/mol. The Balaban J connectivity index is 1.57. The maximum atomic E-state index is 14.4. The van der Waals surface area contributed by atoms with Crippen LogP contribution in [-0.2, 0) is 14.3 Å². The standard InChI is InChI=1S/C35H29N5O9S/c1-19-30(34(43)48-5)32(22-12-14-27(49-20(2)41)28(16-22)47-4)39-33(42)29(50-35(39)36-19)17-23-18-38(24-9-7-6-8-10-24)37-31(23)21-11-13-26(46-3)25(15-21)40(44)45/h6-18,32H,1-5H3/b29-17+/t32-/m1/s1. The van der Waals surface area contributed by atoms with Crippen LogP contribution in [0.5, 0.6) is 17.2 Å². The highest BCUT2D eigenvalue weighted by Gasteiger charge is 2.34. The van der Waals surface area contributed by atoms with Crippen LogP contribution in [0, 0.1) is 10.1 Å². The highest BCUT2D eigenvalue weighted by Crippen LogP contribution is 2.37. The zero-order valence-electron chi connectivity index (χ0n) is 27.4. The number of thiazole rings is 1. The van der Waals surface area contributed by atoms with Gasteiger partial charge in [-0.2, -0.15) is 5.10 Å². The Labute approximate surface area is 287 Å². The number of ether oxygens (including phenoxy) is 4. The van der Waals surface area contributed by atoms with Crippen molar-refractivity contribution in [2.75, 3.05) is 21.3 Å². The number of nitro benzene ring substituents is 1. The molecule has 6 rings (SSSR count). The van der Waals surface area contributed by atoms with E-state index < -0.39 is 28.5 Å². The summed E-state index contributed by atoms with van der Waals surface area (Å²) in [6, 6.07) is 17.5. The van der Waals surface area contributed by atoms with Gasteiger partial charge in [0, 0.05) is 30.3 Å². The molecule has 0 bridgehead atoms. The SMILES string of the molecule is COC(=O)C1=C(C)N=c2s/c(=C/c3cn(-c4ccccc4)nc3-c3ccc(OC)c([N+](=O)[O-])c3)c(=O)n2[C@@H]1c1ccc(OC(C)=O)c(OC)c1. The lowest BCUT2D eigenvalue weighted by Gasteiger charge is -2.25. The van der Waals surface area contributed by atoms with Gasteiger partial charge in [0.05, 0.1) is 53.8 Å². The van der Waals surface area contributed by atoms with E-state index in [9.17, 15) is 24.5 Å². The molecule has 2 aromatic heterocycles. The summed E-state index contributed by atoms with van der Waals surface area (Å²) in [6.45, 7) is 2.91. The Morgan fingerprint density at radius 2 is 1.70 bits per heavy atom. The first-order valence-electron chi connectivity index (χ1n) is 15.0. The molecule has 0 N–H and O–H groups in total. The van der Waals surface area contributed by atoms with Gasteiger partial charge in [-0.3, -0.25) is 24.3 Å². The van der Waals surface area contributed by atoms with Crippen molar-refractivity contribution in [2.45, 2.75) is 19.9 Å². The van der Waals surface area contributed by atoms with Gasteiger partial charge >= 0.3 is 17.6 Å². The molecule has 50 heavy (non-hydrogen) atoms. The Morgan fingerprint density at radius 1 is 0.980 bits per heavy atom. The fourth-order valence-electron chi connectivity index (χ4n) is 5.65. The van der Waals surface area contributed by atoms with Crippen LogP contribution in [0.15, 0.2) is 94.0 Å². The average Bonchev–Trinajstić information content (AvgIpc) is 3.67. The molecule has 3 aromatic carbocycles. The molecule has 0 spiro atoms. The number of rotatable bonds is 9. The van der Waals surface area contributed by atoms with Crippen LogP contribution in [0.4, 0.5) is 5.69 Å². The highest BCUT2D eigenvalue weighted by atomic mass is 32.1. The maximum absolute atomic E-state index is 14.4. The van der Waals surface area contributed by atoms with Crippen molar-refractivity contribution in [1.29, 1.82) is 0 Å². The summed E-state index contributed by atoms with van der Waals surface area (Å²) in [5.74, 6) is -0.760. The maximum Gasteiger partial charge on any atom is 0.338 e. The molecule has 5 aromatic rings. The van der Waals surface area contributed by atoms with Gasteiger partial charge in [-0.05, 0) is 55.0 Å². The van der Waals surface area contributed by atoms with E-state index in [0.29, 0.717) is 32.9 Å². The molecule has 0 unspecified atom stereocenters. The summed E-state index contributed by atoms with van der Waals surface area (Å²) in [7, 11) is 4.00. The van der Waals surface area contributed by atoms with Crippen LogP contribution in [0.25, 0.3) is 23.0 Å². The number of benzene rings is 3. The zero-order chi connectivity index (χ0) is 35.7. The van der Waals surface area contributed by atoms with Gasteiger partial charge in [0.2, 0.25) is 0 Å². The minimum absolute atomic E-state index is 0.0883. The number of nitro groups is 1. The van der Waals surface area contributed by atoms with E-state index in [1.54, 1.807) is 42.1 Å². The van der Waals surface area contributed by atoms with Crippen molar-refractivity contribution in [1.82, 2.24) is 14.3 Å². The third-order valence-corrected chi connectivity index (χ3v) is 8.87. The number of allylic oxidation sites excluding steroid dienone is 1. The fourth-order valence-corrected chi connectivity index (χ4v) is 6.69. The van der Waals surface area contributed by atoms with E-state index in [4.69, 9.17) is 24.0 Å². The smallest absolute Gasteiger partial charge is 0.338 e. The molecule has 0 saturated heterocycles. The summed E-state index contributed by atoms with van der Waals surface area (Å²) < 4.78 is 24.3. The van der Waals surface area contributed by atoms with E-state index in [1.807, 2.05) is 30.3 Å². The van der Waals surface area contributed by atoms with Crippen LogP contribution in [-0.4, -0.2) is 52.5 Å². The van der Waals surface area contributed by atoms with E-state index in [0.717, 1.165) is 17.0 Å².